The number of carboxylic acids is 1. The number of benzene rings is 1. The first kappa shape index (κ1) is 17.8. The third-order valence-electron chi connectivity index (χ3n) is 3.19. The van der Waals surface area contributed by atoms with Gasteiger partial charge in [-0.1, -0.05) is 44.2 Å². The van der Waals surface area contributed by atoms with Crippen molar-refractivity contribution in [2.24, 2.45) is 11.7 Å². The first-order valence-corrected chi connectivity index (χ1v) is 7.18. The van der Waals surface area contributed by atoms with Gasteiger partial charge in [0.25, 0.3) is 5.78 Å². The van der Waals surface area contributed by atoms with Crippen LogP contribution in [0.3, 0.4) is 0 Å². The van der Waals surface area contributed by atoms with E-state index in [2.05, 4.69) is 5.32 Å². The molecule has 1 rings (SSSR count). The highest BCUT2D eigenvalue weighted by Gasteiger charge is 2.28. The minimum absolute atomic E-state index is 0.0685. The molecule has 22 heavy (non-hydrogen) atoms. The molecule has 6 heteroatoms. The lowest BCUT2D eigenvalue weighted by Crippen LogP contribution is -2.51. The van der Waals surface area contributed by atoms with Gasteiger partial charge in [-0.3, -0.25) is 9.59 Å². The summed E-state index contributed by atoms with van der Waals surface area (Å²) in [5.41, 5.74) is 6.73. The maximum Gasteiger partial charge on any atom is 0.374 e. The van der Waals surface area contributed by atoms with Gasteiger partial charge in [-0.15, -0.1) is 0 Å². The molecular weight excluding hydrogens is 284 g/mol. The first-order chi connectivity index (χ1) is 10.3. The molecule has 0 aliphatic rings. The Morgan fingerprint density at radius 2 is 1.77 bits per heavy atom. The number of nitrogens with one attached hydrogen (secondary N) is 1. The molecule has 4 N–H and O–H groups in total. The maximum absolute atomic E-state index is 12.1. The fourth-order valence-electron chi connectivity index (χ4n) is 2.09. The largest absolute Gasteiger partial charge is 0.475 e. The molecule has 0 unspecified atom stereocenters. The molecular formula is C16H22N2O4. The molecule has 0 aliphatic heterocycles. The number of aliphatic carboxylic acids is 1. The molecule has 2 atom stereocenters. The van der Waals surface area contributed by atoms with Crippen LogP contribution in [-0.4, -0.2) is 34.8 Å². The topological polar surface area (TPSA) is 109 Å². The van der Waals surface area contributed by atoms with Gasteiger partial charge in [0.2, 0.25) is 5.91 Å². The molecule has 0 spiro atoms. The molecule has 1 aromatic carbocycles. The summed E-state index contributed by atoms with van der Waals surface area (Å²) in [5, 5.41) is 11.3. The predicted octanol–water partition coefficient (Wildman–Crippen LogP) is 0.741. The highest BCUT2D eigenvalue weighted by atomic mass is 16.4. The summed E-state index contributed by atoms with van der Waals surface area (Å²) in [6, 6.07) is 7.36. The van der Waals surface area contributed by atoms with Crippen LogP contribution in [0.1, 0.15) is 25.8 Å². The molecule has 0 aromatic heterocycles. The number of rotatable bonds is 8. The molecule has 1 aromatic rings. The number of amides is 1. The Labute approximate surface area is 129 Å². The van der Waals surface area contributed by atoms with Crippen molar-refractivity contribution in [1.82, 2.24) is 5.32 Å². The van der Waals surface area contributed by atoms with Crippen LogP contribution >= 0.6 is 0 Å². The molecule has 0 saturated carbocycles. The predicted molar refractivity (Wildman–Crippen MR) is 82.1 cm³/mol. The van der Waals surface area contributed by atoms with Gasteiger partial charge in [-0.25, -0.2) is 4.79 Å². The summed E-state index contributed by atoms with van der Waals surface area (Å²) in [5.74, 6) is -3.03. The van der Waals surface area contributed by atoms with Crippen molar-refractivity contribution >= 4 is 17.7 Å². The number of nitrogens with two attached hydrogens (primary N) is 1. The lowest BCUT2D eigenvalue weighted by Gasteiger charge is -2.20. The van der Waals surface area contributed by atoms with Crippen molar-refractivity contribution in [2.75, 3.05) is 0 Å². The third kappa shape index (κ3) is 5.65. The zero-order chi connectivity index (χ0) is 16.7. The van der Waals surface area contributed by atoms with Gasteiger partial charge in [0, 0.05) is 0 Å². The van der Waals surface area contributed by atoms with E-state index in [1.54, 1.807) is 0 Å². The molecule has 0 aliphatic carbocycles. The van der Waals surface area contributed by atoms with Crippen molar-refractivity contribution < 1.29 is 19.5 Å². The normalized spacial score (nSPS) is 13.5. The molecule has 6 nitrogen and oxygen atoms in total. The fraction of sp³-hybridized carbons (Fsp3) is 0.438. The van der Waals surface area contributed by atoms with Crippen molar-refractivity contribution in [3.05, 3.63) is 35.9 Å². The standard InChI is InChI=1S/C16H22N2O4/c1-10(2)8-13(14(19)16(21)22)18-15(20)12(17)9-11-6-4-3-5-7-11/h3-7,10,12-13H,8-9,17H2,1-2H3,(H,18,20)(H,21,22)/t12-,13-/m0/s1. The average molecular weight is 306 g/mol. The zero-order valence-electron chi connectivity index (χ0n) is 12.8. The minimum atomic E-state index is -1.55. The Bertz CT molecular complexity index is 528. The van der Waals surface area contributed by atoms with Crippen LogP contribution in [0.15, 0.2) is 30.3 Å². The second kappa shape index (κ2) is 8.29. The number of carbonyl (C=O) groups is 3. The van der Waals surface area contributed by atoms with E-state index >= 15 is 0 Å². The number of hydrogen-bond donors (Lipinski definition) is 3. The second-order valence-corrected chi connectivity index (χ2v) is 5.66. The molecule has 1 amide bonds. The van der Waals surface area contributed by atoms with Crippen LogP contribution in [0.5, 0.6) is 0 Å². The number of Topliss-reactive ketones (excluding diaryl/α,β-unsaturated/α-hetero) is 1. The van der Waals surface area contributed by atoms with Crippen LogP contribution in [0.25, 0.3) is 0 Å². The van der Waals surface area contributed by atoms with Gasteiger partial charge in [-0.2, -0.15) is 0 Å². The zero-order valence-corrected chi connectivity index (χ0v) is 12.8. The highest BCUT2D eigenvalue weighted by molar-refractivity contribution is 6.35. The minimum Gasteiger partial charge on any atom is -0.475 e. The lowest BCUT2D eigenvalue weighted by molar-refractivity contribution is -0.150. The summed E-state index contributed by atoms with van der Waals surface area (Å²) >= 11 is 0. The molecule has 0 heterocycles. The summed E-state index contributed by atoms with van der Waals surface area (Å²) < 4.78 is 0. The number of carbonyl (C=O) groups excluding carboxylic acids is 2. The summed E-state index contributed by atoms with van der Waals surface area (Å²) in [7, 11) is 0. The monoisotopic (exact) mass is 306 g/mol. The van der Waals surface area contributed by atoms with Crippen molar-refractivity contribution in [1.29, 1.82) is 0 Å². The van der Waals surface area contributed by atoms with Crippen molar-refractivity contribution in [3.63, 3.8) is 0 Å². The van der Waals surface area contributed by atoms with E-state index in [1.807, 2.05) is 44.2 Å². The van der Waals surface area contributed by atoms with Crippen LogP contribution < -0.4 is 11.1 Å². The van der Waals surface area contributed by atoms with Crippen molar-refractivity contribution in [2.45, 2.75) is 38.8 Å². The van der Waals surface area contributed by atoms with E-state index < -0.39 is 29.7 Å². The van der Waals surface area contributed by atoms with Gasteiger partial charge in [0.05, 0.1) is 12.1 Å². The van der Waals surface area contributed by atoms with Gasteiger partial charge in [-0.05, 0) is 24.3 Å². The van der Waals surface area contributed by atoms with E-state index in [9.17, 15) is 14.4 Å². The molecule has 0 radical (unpaired) electrons. The Morgan fingerprint density at radius 1 is 1.18 bits per heavy atom. The quantitative estimate of drug-likeness (QED) is 0.614. The van der Waals surface area contributed by atoms with E-state index in [1.165, 1.54) is 0 Å². The maximum atomic E-state index is 12.1. The third-order valence-corrected chi connectivity index (χ3v) is 3.19. The summed E-state index contributed by atoms with van der Waals surface area (Å²) in [6.07, 6.45) is 0.581. The molecule has 0 fully saturated rings. The van der Waals surface area contributed by atoms with Gasteiger partial charge in [0.15, 0.2) is 0 Å². The molecule has 0 saturated heterocycles. The van der Waals surface area contributed by atoms with Gasteiger partial charge < -0.3 is 16.2 Å². The van der Waals surface area contributed by atoms with Crippen LogP contribution in [-0.2, 0) is 20.8 Å². The lowest BCUT2D eigenvalue weighted by atomic mass is 9.99. The Morgan fingerprint density at radius 3 is 2.27 bits per heavy atom. The van der Waals surface area contributed by atoms with E-state index in [0.717, 1.165) is 5.56 Å². The molecule has 0 bridgehead atoms. The summed E-state index contributed by atoms with van der Waals surface area (Å²) in [4.78, 5) is 34.6. The second-order valence-electron chi connectivity index (χ2n) is 5.66. The highest BCUT2D eigenvalue weighted by Crippen LogP contribution is 2.07. The van der Waals surface area contributed by atoms with Crippen LogP contribution in [0, 0.1) is 5.92 Å². The van der Waals surface area contributed by atoms with E-state index in [-0.39, 0.29) is 12.3 Å². The van der Waals surface area contributed by atoms with Gasteiger partial charge >= 0.3 is 5.97 Å². The number of ketones is 1. The Kier molecular flexibility index (Phi) is 6.72. The van der Waals surface area contributed by atoms with Crippen LogP contribution in [0.2, 0.25) is 0 Å². The van der Waals surface area contributed by atoms with Crippen molar-refractivity contribution in [3.8, 4) is 0 Å². The van der Waals surface area contributed by atoms with Crippen LogP contribution in [0.4, 0.5) is 0 Å². The van der Waals surface area contributed by atoms with E-state index in [4.69, 9.17) is 10.8 Å². The Hall–Kier alpha value is -2.21. The Balaban J connectivity index is 2.69. The fourth-order valence-corrected chi connectivity index (χ4v) is 2.09. The SMILES string of the molecule is CC(C)C[C@H](NC(=O)[C@@H](N)Cc1ccccc1)C(=O)C(=O)O. The first-order valence-electron chi connectivity index (χ1n) is 7.18. The number of hydrogen-bond acceptors (Lipinski definition) is 4. The number of carboxylic acid groups (broad SMARTS) is 1. The van der Waals surface area contributed by atoms with Gasteiger partial charge in [0.1, 0.15) is 0 Å². The summed E-state index contributed by atoms with van der Waals surface area (Å²) in [6.45, 7) is 3.69. The smallest absolute Gasteiger partial charge is 0.374 e. The average Bonchev–Trinajstić information content (AvgIpc) is 2.46. The molecule has 120 valence electrons. The van der Waals surface area contributed by atoms with E-state index in [0.29, 0.717) is 6.42 Å².